The Kier molecular flexibility index (Phi) is 5.02. The average molecular weight is 358 g/mol. The van der Waals surface area contributed by atoms with Gasteiger partial charge in [0.1, 0.15) is 0 Å². The number of carbonyl (C=O) groups excluding carboxylic acids is 1. The lowest BCUT2D eigenvalue weighted by Gasteiger charge is -2.32. The van der Waals surface area contributed by atoms with Crippen LogP contribution in [0.2, 0.25) is 0 Å². The molecule has 1 aromatic rings. The molecular weight excluding hydrogens is 336 g/mol. The van der Waals surface area contributed by atoms with Gasteiger partial charge in [-0.2, -0.15) is 0 Å². The van der Waals surface area contributed by atoms with Crippen molar-refractivity contribution in [3.8, 4) is 0 Å². The van der Waals surface area contributed by atoms with Gasteiger partial charge in [0.05, 0.1) is 9.77 Å². The quantitative estimate of drug-likeness (QED) is 0.777. The van der Waals surface area contributed by atoms with Gasteiger partial charge in [-0.05, 0) is 19.5 Å². The Morgan fingerprint density at radius 2 is 2.09 bits per heavy atom. The van der Waals surface area contributed by atoms with Crippen molar-refractivity contribution in [1.29, 1.82) is 0 Å². The first-order chi connectivity index (χ1) is 11.0. The SMILES string of the molecule is CNS(=O)(=O)c1csc(C(=O)N2CCC(N3CCNCC3)C2)c1. The van der Waals surface area contributed by atoms with E-state index >= 15 is 0 Å². The first kappa shape index (κ1) is 16.8. The Morgan fingerprint density at radius 3 is 2.78 bits per heavy atom. The minimum Gasteiger partial charge on any atom is -0.336 e. The lowest BCUT2D eigenvalue weighted by atomic mass is 10.2. The number of amides is 1. The molecule has 2 N–H and O–H groups in total. The monoisotopic (exact) mass is 358 g/mol. The molecular formula is C14H22N4O3S2. The van der Waals surface area contributed by atoms with E-state index in [9.17, 15) is 13.2 Å². The van der Waals surface area contributed by atoms with Gasteiger partial charge in [-0.3, -0.25) is 9.69 Å². The topological polar surface area (TPSA) is 81.8 Å². The molecule has 7 nitrogen and oxygen atoms in total. The molecule has 1 atom stereocenters. The summed E-state index contributed by atoms with van der Waals surface area (Å²) in [5.74, 6) is -0.0646. The number of thiophene rings is 1. The Balaban J connectivity index is 1.65. The molecule has 2 aliphatic heterocycles. The third kappa shape index (κ3) is 3.58. The maximum atomic E-state index is 12.6. The predicted molar refractivity (Wildman–Crippen MR) is 89.3 cm³/mol. The van der Waals surface area contributed by atoms with Crippen molar-refractivity contribution >= 4 is 27.3 Å². The van der Waals surface area contributed by atoms with Crippen LogP contribution in [0.15, 0.2) is 16.3 Å². The third-order valence-corrected chi connectivity index (χ3v) is 6.94. The summed E-state index contributed by atoms with van der Waals surface area (Å²) in [5, 5.41) is 4.85. The van der Waals surface area contributed by atoms with Gasteiger partial charge in [-0.15, -0.1) is 11.3 Å². The van der Waals surface area contributed by atoms with Crippen LogP contribution in [0.5, 0.6) is 0 Å². The van der Waals surface area contributed by atoms with E-state index in [0.29, 0.717) is 10.9 Å². The van der Waals surface area contributed by atoms with Gasteiger partial charge in [0, 0.05) is 50.7 Å². The number of nitrogens with one attached hydrogen (secondary N) is 2. The van der Waals surface area contributed by atoms with Gasteiger partial charge in [-0.25, -0.2) is 13.1 Å². The number of sulfonamides is 1. The minimum absolute atomic E-state index is 0.0646. The third-order valence-electron chi connectivity index (χ3n) is 4.48. The highest BCUT2D eigenvalue weighted by atomic mass is 32.2. The molecule has 0 bridgehead atoms. The van der Waals surface area contributed by atoms with Crippen molar-refractivity contribution in [3.05, 3.63) is 16.3 Å². The van der Waals surface area contributed by atoms with Gasteiger partial charge in [0.15, 0.2) is 0 Å². The fraction of sp³-hybridized carbons (Fsp3) is 0.643. The van der Waals surface area contributed by atoms with E-state index in [1.54, 1.807) is 0 Å². The van der Waals surface area contributed by atoms with Crippen LogP contribution in [0.3, 0.4) is 0 Å². The van der Waals surface area contributed by atoms with E-state index < -0.39 is 10.0 Å². The molecule has 9 heteroatoms. The van der Waals surface area contributed by atoms with Gasteiger partial charge < -0.3 is 10.2 Å². The molecule has 128 valence electrons. The first-order valence-electron chi connectivity index (χ1n) is 7.77. The van der Waals surface area contributed by atoms with E-state index in [2.05, 4.69) is 14.9 Å². The van der Waals surface area contributed by atoms with Crippen molar-refractivity contribution in [3.63, 3.8) is 0 Å². The standard InChI is InChI=1S/C14H22N4O3S2/c1-15-23(20,21)12-8-13(22-10-12)14(19)18-5-2-11(9-18)17-6-3-16-4-7-17/h8,10-11,15-16H,2-7,9H2,1H3. The summed E-state index contributed by atoms with van der Waals surface area (Å²) in [5.41, 5.74) is 0. The molecule has 2 fully saturated rings. The summed E-state index contributed by atoms with van der Waals surface area (Å²) in [4.78, 5) is 17.5. The molecule has 23 heavy (non-hydrogen) atoms. The van der Waals surface area contributed by atoms with Crippen LogP contribution in [0.1, 0.15) is 16.1 Å². The lowest BCUT2D eigenvalue weighted by Crippen LogP contribution is -2.49. The molecule has 0 spiro atoms. The zero-order chi connectivity index (χ0) is 16.4. The van der Waals surface area contributed by atoms with E-state index in [1.165, 1.54) is 29.8 Å². The van der Waals surface area contributed by atoms with Crippen molar-refractivity contribution < 1.29 is 13.2 Å². The first-order valence-corrected chi connectivity index (χ1v) is 10.1. The lowest BCUT2D eigenvalue weighted by molar-refractivity contribution is 0.0778. The number of likely N-dealkylation sites (tertiary alicyclic amines) is 1. The Bertz CT molecular complexity index is 667. The molecule has 3 rings (SSSR count). The molecule has 0 aliphatic carbocycles. The number of nitrogens with zero attached hydrogens (tertiary/aromatic N) is 2. The molecule has 1 amide bonds. The molecule has 0 radical (unpaired) electrons. The smallest absolute Gasteiger partial charge is 0.264 e. The van der Waals surface area contributed by atoms with Gasteiger partial charge in [0.25, 0.3) is 5.91 Å². The molecule has 2 aliphatic rings. The summed E-state index contributed by atoms with van der Waals surface area (Å²) in [6, 6.07) is 1.89. The van der Waals surface area contributed by atoms with Crippen molar-refractivity contribution in [1.82, 2.24) is 19.8 Å². The molecule has 1 unspecified atom stereocenters. The van der Waals surface area contributed by atoms with Crippen LogP contribution in [0.4, 0.5) is 0 Å². The zero-order valence-electron chi connectivity index (χ0n) is 13.1. The van der Waals surface area contributed by atoms with E-state index in [1.807, 2.05) is 4.90 Å². The van der Waals surface area contributed by atoms with Crippen LogP contribution in [-0.4, -0.2) is 76.5 Å². The van der Waals surface area contributed by atoms with E-state index in [4.69, 9.17) is 0 Å². The number of hydrogen-bond acceptors (Lipinski definition) is 6. The normalized spacial score (nSPS) is 23.3. The number of hydrogen-bond donors (Lipinski definition) is 2. The Labute approximate surface area is 140 Å². The maximum Gasteiger partial charge on any atom is 0.264 e. The molecule has 2 saturated heterocycles. The summed E-state index contributed by atoms with van der Waals surface area (Å²) in [7, 11) is -2.12. The maximum absolute atomic E-state index is 12.6. The molecule has 1 aromatic heterocycles. The zero-order valence-corrected chi connectivity index (χ0v) is 14.8. The van der Waals surface area contributed by atoms with E-state index in [0.717, 1.165) is 45.7 Å². The fourth-order valence-corrected chi connectivity index (χ4v) is 5.09. The number of piperazine rings is 1. The molecule has 3 heterocycles. The molecule has 0 saturated carbocycles. The second kappa shape index (κ2) is 6.86. The van der Waals surface area contributed by atoms with E-state index in [-0.39, 0.29) is 10.8 Å². The van der Waals surface area contributed by atoms with Crippen LogP contribution >= 0.6 is 11.3 Å². The number of rotatable bonds is 4. The van der Waals surface area contributed by atoms with Gasteiger partial charge in [-0.1, -0.05) is 0 Å². The predicted octanol–water partition coefficient (Wildman–Crippen LogP) is -0.224. The largest absolute Gasteiger partial charge is 0.336 e. The Morgan fingerprint density at radius 1 is 1.35 bits per heavy atom. The second-order valence-electron chi connectivity index (χ2n) is 5.83. The van der Waals surface area contributed by atoms with Crippen LogP contribution in [0.25, 0.3) is 0 Å². The summed E-state index contributed by atoms with van der Waals surface area (Å²) in [6.07, 6.45) is 0.985. The number of carbonyl (C=O) groups is 1. The fourth-order valence-electron chi connectivity index (χ4n) is 3.12. The highest BCUT2D eigenvalue weighted by Gasteiger charge is 2.32. The second-order valence-corrected chi connectivity index (χ2v) is 8.63. The van der Waals surface area contributed by atoms with Gasteiger partial charge in [0.2, 0.25) is 10.0 Å². The summed E-state index contributed by atoms with van der Waals surface area (Å²) >= 11 is 1.19. The van der Waals surface area contributed by atoms with Crippen molar-refractivity contribution in [2.75, 3.05) is 46.3 Å². The van der Waals surface area contributed by atoms with Crippen LogP contribution in [-0.2, 0) is 10.0 Å². The van der Waals surface area contributed by atoms with Crippen molar-refractivity contribution in [2.45, 2.75) is 17.4 Å². The van der Waals surface area contributed by atoms with Crippen LogP contribution in [0, 0.1) is 0 Å². The van der Waals surface area contributed by atoms with Crippen LogP contribution < -0.4 is 10.0 Å². The molecule has 0 aromatic carbocycles. The highest BCUT2D eigenvalue weighted by Crippen LogP contribution is 2.24. The van der Waals surface area contributed by atoms with Gasteiger partial charge >= 0.3 is 0 Å². The average Bonchev–Trinajstić information content (AvgIpc) is 3.25. The highest BCUT2D eigenvalue weighted by molar-refractivity contribution is 7.89. The summed E-state index contributed by atoms with van der Waals surface area (Å²) in [6.45, 7) is 5.51. The van der Waals surface area contributed by atoms with Crippen molar-refractivity contribution in [2.24, 2.45) is 0 Å². The Hall–Kier alpha value is -1.00. The minimum atomic E-state index is -3.49. The summed E-state index contributed by atoms with van der Waals surface area (Å²) < 4.78 is 25.8.